The summed E-state index contributed by atoms with van der Waals surface area (Å²) >= 11 is 0. The van der Waals surface area contributed by atoms with E-state index >= 15 is 0 Å². The van der Waals surface area contributed by atoms with Crippen molar-refractivity contribution in [3.63, 3.8) is 0 Å². The molecule has 1 aromatic rings. The zero-order valence-corrected chi connectivity index (χ0v) is 10.7. The van der Waals surface area contributed by atoms with Crippen LogP contribution in [0.5, 0.6) is 0 Å². The van der Waals surface area contributed by atoms with Crippen LogP contribution in [0.25, 0.3) is 0 Å². The summed E-state index contributed by atoms with van der Waals surface area (Å²) < 4.78 is 51.9. The molecule has 0 amide bonds. The Bertz CT molecular complexity index is 442. The number of benzene rings is 1. The van der Waals surface area contributed by atoms with Crippen LogP contribution in [0.4, 0.5) is 17.6 Å². The fourth-order valence-corrected chi connectivity index (χ4v) is 2.68. The average molecular weight is 275 g/mol. The molecule has 1 nitrogen and oxygen atoms in total. The molecule has 0 aromatic heterocycles. The smallest absolute Gasteiger partial charge is 0.313 e. The largest absolute Gasteiger partial charge is 0.393 e. The number of nitrogens with one attached hydrogen (secondary N) is 1. The summed E-state index contributed by atoms with van der Waals surface area (Å²) in [5.74, 6) is -1.67. The minimum absolute atomic E-state index is 0.168. The van der Waals surface area contributed by atoms with Crippen LogP contribution in [0, 0.1) is 18.7 Å². The minimum Gasteiger partial charge on any atom is -0.313 e. The molecule has 5 heteroatoms. The summed E-state index contributed by atoms with van der Waals surface area (Å²) in [4.78, 5) is 0. The first-order valence-corrected chi connectivity index (χ1v) is 6.43. The molecular formula is C14H17F4N. The predicted octanol–water partition coefficient (Wildman–Crippen LogP) is 3.61. The lowest BCUT2D eigenvalue weighted by Crippen LogP contribution is -2.48. The molecule has 2 atom stereocenters. The average Bonchev–Trinajstić information content (AvgIpc) is 2.32. The Morgan fingerprint density at radius 3 is 2.68 bits per heavy atom. The second kappa shape index (κ2) is 5.49. The lowest BCUT2D eigenvalue weighted by atomic mass is 9.85. The van der Waals surface area contributed by atoms with Crippen molar-refractivity contribution in [3.05, 3.63) is 35.1 Å². The highest BCUT2D eigenvalue weighted by atomic mass is 19.4. The van der Waals surface area contributed by atoms with E-state index in [0.717, 1.165) is 5.56 Å². The number of rotatable bonds is 2. The highest BCUT2D eigenvalue weighted by Crippen LogP contribution is 2.35. The van der Waals surface area contributed by atoms with Crippen LogP contribution in [0.2, 0.25) is 0 Å². The maximum atomic E-state index is 13.0. The molecule has 0 aliphatic carbocycles. The topological polar surface area (TPSA) is 12.0 Å². The summed E-state index contributed by atoms with van der Waals surface area (Å²) in [5, 5.41) is 2.95. The van der Waals surface area contributed by atoms with Crippen molar-refractivity contribution in [2.24, 2.45) is 5.92 Å². The van der Waals surface area contributed by atoms with Crippen molar-refractivity contribution < 1.29 is 17.6 Å². The van der Waals surface area contributed by atoms with Crippen LogP contribution in [-0.2, 0) is 6.42 Å². The fraction of sp³-hybridized carbons (Fsp3) is 0.571. The van der Waals surface area contributed by atoms with E-state index in [2.05, 4.69) is 5.32 Å². The number of alkyl halides is 3. The van der Waals surface area contributed by atoms with E-state index in [4.69, 9.17) is 0 Å². The van der Waals surface area contributed by atoms with E-state index in [1.165, 1.54) is 12.1 Å². The summed E-state index contributed by atoms with van der Waals surface area (Å²) in [6, 6.07) is 3.63. The van der Waals surface area contributed by atoms with Gasteiger partial charge < -0.3 is 5.32 Å². The van der Waals surface area contributed by atoms with Crippen LogP contribution in [0.15, 0.2) is 18.2 Å². The summed E-state index contributed by atoms with van der Waals surface area (Å²) in [5.41, 5.74) is 1.48. The summed E-state index contributed by atoms with van der Waals surface area (Å²) in [7, 11) is 0. The number of aryl methyl sites for hydroxylation is 1. The van der Waals surface area contributed by atoms with Crippen molar-refractivity contribution in [2.75, 3.05) is 6.54 Å². The first kappa shape index (κ1) is 14.3. The summed E-state index contributed by atoms with van der Waals surface area (Å²) in [6.45, 7) is 2.33. The second-order valence-corrected chi connectivity index (χ2v) is 5.13. The molecule has 0 bridgehead atoms. The Morgan fingerprint density at radius 1 is 1.32 bits per heavy atom. The molecule has 0 saturated carbocycles. The quantitative estimate of drug-likeness (QED) is 0.813. The zero-order chi connectivity index (χ0) is 14.0. The molecule has 2 unspecified atom stereocenters. The molecule has 2 rings (SSSR count). The maximum absolute atomic E-state index is 13.0. The third kappa shape index (κ3) is 3.47. The number of halogens is 4. The van der Waals surface area contributed by atoms with Gasteiger partial charge in [0.1, 0.15) is 5.82 Å². The molecule has 1 aliphatic rings. The number of hydrogen-bond donors (Lipinski definition) is 1. The van der Waals surface area contributed by atoms with Gasteiger partial charge in [0, 0.05) is 6.04 Å². The number of piperidine rings is 1. The van der Waals surface area contributed by atoms with Gasteiger partial charge in [-0.25, -0.2) is 4.39 Å². The highest BCUT2D eigenvalue weighted by molar-refractivity contribution is 5.27. The van der Waals surface area contributed by atoms with Gasteiger partial charge in [-0.3, -0.25) is 0 Å². The first-order chi connectivity index (χ1) is 8.88. The molecule has 1 saturated heterocycles. The Morgan fingerprint density at radius 2 is 2.05 bits per heavy atom. The van der Waals surface area contributed by atoms with Crippen LogP contribution in [0.3, 0.4) is 0 Å². The van der Waals surface area contributed by atoms with Crippen molar-refractivity contribution >= 4 is 0 Å². The molecule has 1 fully saturated rings. The SMILES string of the molecule is Cc1cc(F)ccc1CC1NCCCC1C(F)(F)F. The van der Waals surface area contributed by atoms with Crippen LogP contribution >= 0.6 is 0 Å². The Hall–Kier alpha value is -1.10. The van der Waals surface area contributed by atoms with E-state index in [1.807, 2.05) is 0 Å². The lowest BCUT2D eigenvalue weighted by Gasteiger charge is -2.34. The van der Waals surface area contributed by atoms with E-state index in [9.17, 15) is 17.6 Å². The van der Waals surface area contributed by atoms with Gasteiger partial charge >= 0.3 is 6.18 Å². The van der Waals surface area contributed by atoms with Gasteiger partial charge in [0.2, 0.25) is 0 Å². The first-order valence-electron chi connectivity index (χ1n) is 6.43. The number of hydrogen-bond acceptors (Lipinski definition) is 1. The molecule has 0 spiro atoms. The van der Waals surface area contributed by atoms with Crippen LogP contribution in [0.1, 0.15) is 24.0 Å². The second-order valence-electron chi connectivity index (χ2n) is 5.13. The van der Waals surface area contributed by atoms with Gasteiger partial charge in [0.15, 0.2) is 0 Å². The Balaban J connectivity index is 2.15. The fourth-order valence-electron chi connectivity index (χ4n) is 2.68. The van der Waals surface area contributed by atoms with Crippen molar-refractivity contribution in [3.8, 4) is 0 Å². The highest BCUT2D eigenvalue weighted by Gasteiger charge is 2.45. The van der Waals surface area contributed by atoms with Gasteiger partial charge in [0.05, 0.1) is 5.92 Å². The van der Waals surface area contributed by atoms with Crippen molar-refractivity contribution in [1.29, 1.82) is 0 Å². The van der Waals surface area contributed by atoms with Gasteiger partial charge in [-0.2, -0.15) is 13.2 Å². The van der Waals surface area contributed by atoms with Gasteiger partial charge in [-0.1, -0.05) is 6.07 Å². The van der Waals surface area contributed by atoms with Crippen LogP contribution < -0.4 is 5.32 Å². The normalized spacial score (nSPS) is 24.5. The van der Waals surface area contributed by atoms with Crippen molar-refractivity contribution in [1.82, 2.24) is 5.32 Å². The molecule has 1 heterocycles. The minimum atomic E-state index is -4.17. The van der Waals surface area contributed by atoms with E-state index in [0.29, 0.717) is 18.5 Å². The summed E-state index contributed by atoms with van der Waals surface area (Å²) in [6.07, 6.45) is -3.17. The zero-order valence-electron chi connectivity index (χ0n) is 10.7. The molecular weight excluding hydrogens is 258 g/mol. The standard InChI is InChI=1S/C14H17F4N/c1-9-7-11(15)5-4-10(9)8-13-12(14(16,17)18)3-2-6-19-13/h4-5,7,12-13,19H,2-3,6,8H2,1H3. The molecule has 1 N–H and O–H groups in total. The van der Waals surface area contributed by atoms with E-state index in [-0.39, 0.29) is 18.7 Å². The van der Waals surface area contributed by atoms with E-state index in [1.54, 1.807) is 13.0 Å². The lowest BCUT2D eigenvalue weighted by molar-refractivity contribution is -0.188. The molecule has 1 aromatic carbocycles. The Labute approximate surface area is 110 Å². The molecule has 106 valence electrons. The molecule has 1 aliphatic heterocycles. The predicted molar refractivity (Wildman–Crippen MR) is 65.4 cm³/mol. The van der Waals surface area contributed by atoms with E-state index < -0.39 is 18.1 Å². The van der Waals surface area contributed by atoms with Gasteiger partial charge in [0.25, 0.3) is 0 Å². The molecule has 19 heavy (non-hydrogen) atoms. The van der Waals surface area contributed by atoms with Gasteiger partial charge in [-0.05, 0) is 56.0 Å². The maximum Gasteiger partial charge on any atom is 0.393 e. The van der Waals surface area contributed by atoms with Crippen LogP contribution in [-0.4, -0.2) is 18.8 Å². The van der Waals surface area contributed by atoms with Gasteiger partial charge in [-0.15, -0.1) is 0 Å². The molecule has 0 radical (unpaired) electrons. The van der Waals surface area contributed by atoms with Crippen molar-refractivity contribution in [2.45, 2.75) is 38.4 Å². The Kier molecular flexibility index (Phi) is 4.13. The third-order valence-electron chi connectivity index (χ3n) is 3.75. The third-order valence-corrected chi connectivity index (χ3v) is 3.75. The monoisotopic (exact) mass is 275 g/mol.